The van der Waals surface area contributed by atoms with E-state index in [0.717, 1.165) is 0 Å². The van der Waals surface area contributed by atoms with Crippen LogP contribution in [0.1, 0.15) is 13.3 Å². The molecule has 2 N–H and O–H groups in total. The Labute approximate surface area is 96.6 Å². The fourth-order valence-corrected chi connectivity index (χ4v) is 1.20. The number of rotatable bonds is 5. The van der Waals surface area contributed by atoms with Gasteiger partial charge in [-0.05, 0) is 6.92 Å². The van der Waals surface area contributed by atoms with Crippen molar-refractivity contribution in [3.63, 3.8) is 0 Å². The van der Waals surface area contributed by atoms with Crippen LogP contribution in [0, 0.1) is 0 Å². The van der Waals surface area contributed by atoms with Crippen LogP contribution in [-0.2, 0) is 9.53 Å². The van der Waals surface area contributed by atoms with E-state index in [1.54, 1.807) is 14.0 Å². The molecular weight excluding hydrogens is 228 g/mol. The standard InChI is InChI=1S/C9H14N4O4/c1-3-17-6(14)4-5-13(2)7-8(15)10-9(16)12-11-7/h3-5H2,1-2H3,(H2,10,12,15,16). The zero-order valence-corrected chi connectivity index (χ0v) is 9.65. The van der Waals surface area contributed by atoms with Crippen LogP contribution in [-0.4, -0.2) is 41.3 Å². The lowest BCUT2D eigenvalue weighted by Gasteiger charge is -2.15. The van der Waals surface area contributed by atoms with Gasteiger partial charge in [0.1, 0.15) is 0 Å². The maximum absolute atomic E-state index is 11.4. The van der Waals surface area contributed by atoms with E-state index >= 15 is 0 Å². The molecule has 0 aliphatic heterocycles. The molecule has 0 bridgehead atoms. The summed E-state index contributed by atoms with van der Waals surface area (Å²) in [6.07, 6.45) is 0.143. The average molecular weight is 242 g/mol. The number of aromatic amines is 2. The number of anilines is 1. The molecule has 8 heteroatoms. The number of nitrogens with zero attached hydrogens (tertiary/aromatic N) is 2. The highest BCUT2D eigenvalue weighted by atomic mass is 16.5. The quantitative estimate of drug-likeness (QED) is 0.631. The fourth-order valence-electron chi connectivity index (χ4n) is 1.20. The van der Waals surface area contributed by atoms with Crippen molar-refractivity contribution in [2.75, 3.05) is 25.1 Å². The van der Waals surface area contributed by atoms with Gasteiger partial charge in [-0.25, -0.2) is 9.89 Å². The number of carbonyl (C=O) groups excluding carboxylic acids is 1. The predicted octanol–water partition coefficient (Wildman–Crippen LogP) is -1.15. The minimum absolute atomic E-state index is 0.0499. The molecule has 1 aromatic heterocycles. The minimum atomic E-state index is -0.669. The van der Waals surface area contributed by atoms with Crippen molar-refractivity contribution in [3.8, 4) is 0 Å². The Kier molecular flexibility index (Phi) is 4.44. The van der Waals surface area contributed by atoms with E-state index in [1.165, 1.54) is 4.90 Å². The number of nitrogens with one attached hydrogen (secondary N) is 2. The van der Waals surface area contributed by atoms with Crippen LogP contribution in [0.15, 0.2) is 9.59 Å². The zero-order chi connectivity index (χ0) is 12.8. The zero-order valence-electron chi connectivity index (χ0n) is 9.65. The SMILES string of the molecule is CCOC(=O)CCN(C)c1n[nH]c(=O)[nH]c1=O. The van der Waals surface area contributed by atoms with E-state index in [2.05, 4.69) is 10.2 Å². The molecule has 0 saturated carbocycles. The highest BCUT2D eigenvalue weighted by molar-refractivity contribution is 5.70. The molecule has 1 aromatic rings. The summed E-state index contributed by atoms with van der Waals surface area (Å²) in [6.45, 7) is 2.32. The van der Waals surface area contributed by atoms with Crippen molar-refractivity contribution < 1.29 is 9.53 Å². The Morgan fingerprint density at radius 2 is 2.18 bits per heavy atom. The van der Waals surface area contributed by atoms with Crippen LogP contribution in [0.4, 0.5) is 5.82 Å². The third-order valence-corrected chi connectivity index (χ3v) is 2.01. The van der Waals surface area contributed by atoms with Crippen LogP contribution in [0.2, 0.25) is 0 Å². The van der Waals surface area contributed by atoms with E-state index in [-0.39, 0.29) is 24.8 Å². The maximum Gasteiger partial charge on any atom is 0.342 e. The van der Waals surface area contributed by atoms with Crippen molar-refractivity contribution in [1.82, 2.24) is 15.2 Å². The molecule has 0 fully saturated rings. The molecule has 94 valence electrons. The largest absolute Gasteiger partial charge is 0.466 e. The third-order valence-electron chi connectivity index (χ3n) is 2.01. The lowest BCUT2D eigenvalue weighted by atomic mass is 10.4. The lowest BCUT2D eigenvalue weighted by molar-refractivity contribution is -0.142. The lowest BCUT2D eigenvalue weighted by Crippen LogP contribution is -2.33. The van der Waals surface area contributed by atoms with Crippen molar-refractivity contribution in [1.29, 1.82) is 0 Å². The molecular formula is C9H14N4O4. The normalized spacial score (nSPS) is 10.0. The molecule has 0 amide bonds. The van der Waals surface area contributed by atoms with Crippen LogP contribution in [0.5, 0.6) is 0 Å². The molecule has 0 saturated heterocycles. The summed E-state index contributed by atoms with van der Waals surface area (Å²) in [7, 11) is 1.59. The molecule has 1 heterocycles. The number of hydrogen-bond acceptors (Lipinski definition) is 6. The molecule has 8 nitrogen and oxygen atoms in total. The van der Waals surface area contributed by atoms with Crippen molar-refractivity contribution >= 4 is 11.8 Å². The number of hydrogen-bond donors (Lipinski definition) is 2. The van der Waals surface area contributed by atoms with Crippen LogP contribution in [0.3, 0.4) is 0 Å². The monoisotopic (exact) mass is 242 g/mol. The van der Waals surface area contributed by atoms with E-state index in [0.29, 0.717) is 6.61 Å². The van der Waals surface area contributed by atoms with Gasteiger partial charge in [0.15, 0.2) is 0 Å². The number of ether oxygens (including phenoxy) is 1. The molecule has 0 atom stereocenters. The summed E-state index contributed by atoms with van der Waals surface area (Å²) in [6, 6.07) is 0. The van der Waals surface area contributed by atoms with Gasteiger partial charge in [-0.2, -0.15) is 0 Å². The molecule has 17 heavy (non-hydrogen) atoms. The highest BCUT2D eigenvalue weighted by Gasteiger charge is 2.10. The predicted molar refractivity (Wildman–Crippen MR) is 60.0 cm³/mol. The molecule has 0 aliphatic rings. The first-order valence-corrected chi connectivity index (χ1v) is 5.10. The Hall–Kier alpha value is -2.12. The van der Waals surface area contributed by atoms with E-state index < -0.39 is 11.2 Å². The summed E-state index contributed by atoms with van der Waals surface area (Å²) in [5.74, 6) is -0.297. The molecule has 0 aromatic carbocycles. The first-order chi connectivity index (χ1) is 8.04. The maximum atomic E-state index is 11.4. The molecule has 0 unspecified atom stereocenters. The van der Waals surface area contributed by atoms with Crippen molar-refractivity contribution in [2.24, 2.45) is 0 Å². The van der Waals surface area contributed by atoms with E-state index in [9.17, 15) is 14.4 Å². The summed E-state index contributed by atoms with van der Waals surface area (Å²) < 4.78 is 4.75. The van der Waals surface area contributed by atoms with Crippen molar-refractivity contribution in [2.45, 2.75) is 13.3 Å². The first kappa shape index (κ1) is 12.9. The average Bonchev–Trinajstić information content (AvgIpc) is 2.26. The van der Waals surface area contributed by atoms with Crippen LogP contribution in [0.25, 0.3) is 0 Å². The van der Waals surface area contributed by atoms with Gasteiger partial charge in [-0.3, -0.25) is 14.6 Å². The molecule has 0 radical (unpaired) electrons. The number of H-pyrrole nitrogens is 2. The van der Waals surface area contributed by atoms with Gasteiger partial charge in [0.05, 0.1) is 13.0 Å². The van der Waals surface area contributed by atoms with E-state index in [1.807, 2.05) is 4.98 Å². The summed E-state index contributed by atoms with van der Waals surface area (Å²) in [5.41, 5.74) is -1.27. The van der Waals surface area contributed by atoms with E-state index in [4.69, 9.17) is 4.74 Å². The highest BCUT2D eigenvalue weighted by Crippen LogP contribution is 1.99. The number of aromatic nitrogens is 3. The van der Waals surface area contributed by atoms with Gasteiger partial charge in [-0.15, -0.1) is 5.10 Å². The fraction of sp³-hybridized carbons (Fsp3) is 0.556. The Balaban J connectivity index is 2.64. The first-order valence-electron chi connectivity index (χ1n) is 5.10. The van der Waals surface area contributed by atoms with Crippen molar-refractivity contribution in [3.05, 3.63) is 20.8 Å². The van der Waals surface area contributed by atoms with Gasteiger partial charge >= 0.3 is 11.7 Å². The Morgan fingerprint density at radius 3 is 2.76 bits per heavy atom. The number of esters is 1. The second kappa shape index (κ2) is 5.83. The third kappa shape index (κ3) is 3.74. The summed E-state index contributed by atoms with van der Waals surface area (Å²) in [4.78, 5) is 36.7. The summed E-state index contributed by atoms with van der Waals surface area (Å²) in [5, 5.41) is 5.71. The topological polar surface area (TPSA) is 108 Å². The molecule has 0 aliphatic carbocycles. The van der Waals surface area contributed by atoms with Gasteiger partial charge in [0, 0.05) is 13.6 Å². The van der Waals surface area contributed by atoms with Gasteiger partial charge in [-0.1, -0.05) is 0 Å². The molecule has 0 spiro atoms. The van der Waals surface area contributed by atoms with Gasteiger partial charge < -0.3 is 9.64 Å². The Morgan fingerprint density at radius 1 is 1.47 bits per heavy atom. The van der Waals surface area contributed by atoms with Gasteiger partial charge in [0.2, 0.25) is 5.82 Å². The molecule has 1 rings (SSSR count). The van der Waals surface area contributed by atoms with Crippen LogP contribution >= 0.6 is 0 Å². The smallest absolute Gasteiger partial charge is 0.342 e. The second-order valence-corrected chi connectivity index (χ2v) is 3.31. The second-order valence-electron chi connectivity index (χ2n) is 3.31. The number of carbonyl (C=O) groups is 1. The Bertz CT molecular complexity index is 492. The van der Waals surface area contributed by atoms with Gasteiger partial charge in [0.25, 0.3) is 5.56 Å². The van der Waals surface area contributed by atoms with Crippen LogP contribution < -0.4 is 16.1 Å². The summed E-state index contributed by atoms with van der Waals surface area (Å²) >= 11 is 0. The minimum Gasteiger partial charge on any atom is -0.466 e.